The Morgan fingerprint density at radius 3 is 2.84 bits per heavy atom. The van der Waals surface area contributed by atoms with Crippen molar-refractivity contribution in [3.63, 3.8) is 0 Å². The molecule has 1 aromatic rings. The first kappa shape index (κ1) is 13.8. The van der Waals surface area contributed by atoms with Crippen molar-refractivity contribution >= 4 is 11.6 Å². The highest BCUT2D eigenvalue weighted by atomic mass is 16.2. The van der Waals surface area contributed by atoms with E-state index in [1.165, 1.54) is 0 Å². The Bertz CT molecular complexity index is 429. The van der Waals surface area contributed by atoms with Crippen LogP contribution in [0.3, 0.4) is 0 Å². The highest BCUT2D eigenvalue weighted by molar-refractivity contribution is 5.94. The number of hydrogen-bond donors (Lipinski definition) is 2. The largest absolute Gasteiger partial charge is 0.399 e. The Kier molecular flexibility index (Phi) is 4.76. The molecule has 19 heavy (non-hydrogen) atoms. The SMILES string of the molecule is CN(CCN1CCNCC1)C(=O)c1cccc(N)c1. The Morgan fingerprint density at radius 2 is 2.16 bits per heavy atom. The van der Waals surface area contributed by atoms with Crippen LogP contribution in [-0.4, -0.2) is 62.0 Å². The van der Waals surface area contributed by atoms with Crippen LogP contribution in [0, 0.1) is 0 Å². The lowest BCUT2D eigenvalue weighted by atomic mass is 10.2. The van der Waals surface area contributed by atoms with E-state index in [1.807, 2.05) is 13.1 Å². The van der Waals surface area contributed by atoms with Crippen LogP contribution in [-0.2, 0) is 0 Å². The number of benzene rings is 1. The number of nitrogens with one attached hydrogen (secondary N) is 1. The van der Waals surface area contributed by atoms with E-state index in [1.54, 1.807) is 23.1 Å². The van der Waals surface area contributed by atoms with E-state index in [9.17, 15) is 4.79 Å². The van der Waals surface area contributed by atoms with Crippen molar-refractivity contribution in [1.29, 1.82) is 0 Å². The van der Waals surface area contributed by atoms with E-state index < -0.39 is 0 Å². The Balaban J connectivity index is 1.85. The van der Waals surface area contributed by atoms with Crippen LogP contribution in [0.4, 0.5) is 5.69 Å². The number of piperazine rings is 1. The van der Waals surface area contributed by atoms with Gasteiger partial charge in [0, 0.05) is 57.6 Å². The fraction of sp³-hybridized carbons (Fsp3) is 0.500. The summed E-state index contributed by atoms with van der Waals surface area (Å²) in [6, 6.07) is 7.13. The minimum atomic E-state index is 0.0300. The lowest BCUT2D eigenvalue weighted by Crippen LogP contribution is -2.46. The van der Waals surface area contributed by atoms with Crippen LogP contribution in [0.5, 0.6) is 0 Å². The lowest BCUT2D eigenvalue weighted by molar-refractivity contribution is 0.0775. The van der Waals surface area contributed by atoms with Gasteiger partial charge in [-0.15, -0.1) is 0 Å². The van der Waals surface area contributed by atoms with Gasteiger partial charge in [-0.25, -0.2) is 0 Å². The van der Waals surface area contributed by atoms with Crippen molar-refractivity contribution < 1.29 is 4.79 Å². The van der Waals surface area contributed by atoms with Crippen molar-refractivity contribution in [2.24, 2.45) is 0 Å². The van der Waals surface area contributed by atoms with Gasteiger partial charge >= 0.3 is 0 Å². The number of carbonyl (C=O) groups is 1. The molecule has 1 aliphatic heterocycles. The number of nitrogens with two attached hydrogens (primary N) is 1. The summed E-state index contributed by atoms with van der Waals surface area (Å²) < 4.78 is 0. The molecule has 2 rings (SSSR count). The predicted octanol–water partition coefficient (Wildman–Crippen LogP) is 0.246. The van der Waals surface area contributed by atoms with Crippen molar-refractivity contribution in [1.82, 2.24) is 15.1 Å². The van der Waals surface area contributed by atoms with Gasteiger partial charge in [-0.3, -0.25) is 9.69 Å². The van der Waals surface area contributed by atoms with Crippen molar-refractivity contribution in [3.05, 3.63) is 29.8 Å². The number of hydrogen-bond acceptors (Lipinski definition) is 4. The number of likely N-dealkylation sites (N-methyl/N-ethyl adjacent to an activating group) is 1. The van der Waals surface area contributed by atoms with Gasteiger partial charge in [0.1, 0.15) is 0 Å². The van der Waals surface area contributed by atoms with Gasteiger partial charge in [0.15, 0.2) is 0 Å². The second-order valence-corrected chi connectivity index (χ2v) is 4.94. The number of nitrogen functional groups attached to an aromatic ring is 1. The molecule has 3 N–H and O–H groups in total. The van der Waals surface area contributed by atoms with Crippen molar-refractivity contribution in [2.45, 2.75) is 0 Å². The van der Waals surface area contributed by atoms with E-state index in [2.05, 4.69) is 10.2 Å². The van der Waals surface area contributed by atoms with Gasteiger partial charge < -0.3 is 16.0 Å². The normalized spacial score (nSPS) is 16.3. The number of amides is 1. The summed E-state index contributed by atoms with van der Waals surface area (Å²) >= 11 is 0. The number of nitrogens with zero attached hydrogens (tertiary/aromatic N) is 2. The van der Waals surface area contributed by atoms with Gasteiger partial charge in [-0.1, -0.05) is 6.07 Å². The van der Waals surface area contributed by atoms with E-state index in [0.29, 0.717) is 11.3 Å². The fourth-order valence-corrected chi connectivity index (χ4v) is 2.22. The smallest absolute Gasteiger partial charge is 0.253 e. The first-order valence-corrected chi connectivity index (χ1v) is 6.71. The van der Waals surface area contributed by atoms with Crippen LogP contribution in [0.2, 0.25) is 0 Å². The van der Waals surface area contributed by atoms with Crippen LogP contribution >= 0.6 is 0 Å². The summed E-state index contributed by atoms with van der Waals surface area (Å²) in [7, 11) is 1.84. The molecule has 1 saturated heterocycles. The van der Waals surface area contributed by atoms with Crippen LogP contribution in [0.15, 0.2) is 24.3 Å². The minimum absolute atomic E-state index is 0.0300. The summed E-state index contributed by atoms with van der Waals surface area (Å²) in [4.78, 5) is 16.3. The summed E-state index contributed by atoms with van der Waals surface area (Å²) in [5, 5.41) is 3.32. The molecule has 0 aliphatic carbocycles. The third kappa shape index (κ3) is 3.94. The van der Waals surface area contributed by atoms with Gasteiger partial charge in [-0.05, 0) is 18.2 Å². The molecule has 0 unspecified atom stereocenters. The van der Waals surface area contributed by atoms with E-state index >= 15 is 0 Å². The zero-order chi connectivity index (χ0) is 13.7. The Hall–Kier alpha value is -1.59. The maximum atomic E-state index is 12.2. The second-order valence-electron chi connectivity index (χ2n) is 4.94. The zero-order valence-electron chi connectivity index (χ0n) is 11.4. The third-order valence-corrected chi connectivity index (χ3v) is 3.44. The van der Waals surface area contributed by atoms with Crippen molar-refractivity contribution in [2.75, 3.05) is 52.0 Å². The molecule has 5 heteroatoms. The number of anilines is 1. The fourth-order valence-electron chi connectivity index (χ4n) is 2.22. The highest BCUT2D eigenvalue weighted by Gasteiger charge is 2.14. The Labute approximate surface area is 114 Å². The standard InChI is InChI=1S/C14H22N4O/c1-17(9-10-18-7-5-16-6-8-18)14(19)12-3-2-4-13(15)11-12/h2-4,11,16H,5-10,15H2,1H3. The zero-order valence-corrected chi connectivity index (χ0v) is 11.4. The van der Waals surface area contributed by atoms with E-state index in [0.717, 1.165) is 39.3 Å². The summed E-state index contributed by atoms with van der Waals surface area (Å²) in [6.07, 6.45) is 0. The third-order valence-electron chi connectivity index (χ3n) is 3.44. The number of carbonyl (C=O) groups excluding carboxylic acids is 1. The topological polar surface area (TPSA) is 61.6 Å². The van der Waals surface area contributed by atoms with Gasteiger partial charge in [0.05, 0.1) is 0 Å². The minimum Gasteiger partial charge on any atom is -0.399 e. The average molecular weight is 262 g/mol. The lowest BCUT2D eigenvalue weighted by Gasteiger charge is -2.29. The molecule has 104 valence electrons. The molecule has 5 nitrogen and oxygen atoms in total. The van der Waals surface area contributed by atoms with Crippen LogP contribution < -0.4 is 11.1 Å². The molecule has 0 bridgehead atoms. The average Bonchev–Trinajstić information content (AvgIpc) is 2.45. The Morgan fingerprint density at radius 1 is 1.42 bits per heavy atom. The molecule has 0 radical (unpaired) electrons. The molecular weight excluding hydrogens is 240 g/mol. The first-order valence-electron chi connectivity index (χ1n) is 6.71. The molecule has 0 saturated carbocycles. The maximum absolute atomic E-state index is 12.2. The molecule has 1 aliphatic rings. The summed E-state index contributed by atoms with van der Waals surface area (Å²) in [6.45, 7) is 5.85. The molecule has 1 heterocycles. The van der Waals surface area contributed by atoms with Gasteiger partial charge in [0.25, 0.3) is 5.91 Å². The molecule has 0 aromatic heterocycles. The molecule has 0 spiro atoms. The van der Waals surface area contributed by atoms with Gasteiger partial charge in [0.2, 0.25) is 0 Å². The molecule has 1 fully saturated rings. The molecule has 1 amide bonds. The summed E-state index contributed by atoms with van der Waals surface area (Å²) in [5.74, 6) is 0.0300. The molecular formula is C14H22N4O. The van der Waals surface area contributed by atoms with E-state index in [-0.39, 0.29) is 5.91 Å². The first-order chi connectivity index (χ1) is 9.16. The molecule has 0 atom stereocenters. The second kappa shape index (κ2) is 6.54. The van der Waals surface area contributed by atoms with E-state index in [4.69, 9.17) is 5.73 Å². The highest BCUT2D eigenvalue weighted by Crippen LogP contribution is 2.09. The maximum Gasteiger partial charge on any atom is 0.253 e. The number of rotatable bonds is 4. The summed E-state index contributed by atoms with van der Waals surface area (Å²) in [5.41, 5.74) is 6.98. The predicted molar refractivity (Wildman–Crippen MR) is 77.1 cm³/mol. The van der Waals surface area contributed by atoms with Crippen LogP contribution in [0.25, 0.3) is 0 Å². The van der Waals surface area contributed by atoms with Crippen LogP contribution in [0.1, 0.15) is 10.4 Å². The monoisotopic (exact) mass is 262 g/mol. The van der Waals surface area contributed by atoms with Gasteiger partial charge in [-0.2, -0.15) is 0 Å². The quantitative estimate of drug-likeness (QED) is 0.763. The molecule has 1 aromatic carbocycles. The van der Waals surface area contributed by atoms with Crippen molar-refractivity contribution in [3.8, 4) is 0 Å².